The van der Waals surface area contributed by atoms with Crippen LogP contribution < -0.4 is 14.4 Å². The fraction of sp³-hybridized carbons (Fsp3) is 0.316. The predicted molar refractivity (Wildman–Crippen MR) is 103 cm³/mol. The summed E-state index contributed by atoms with van der Waals surface area (Å²) in [5, 5.41) is 0. The Morgan fingerprint density at radius 2 is 2.14 bits per heavy atom. The van der Waals surface area contributed by atoms with Crippen LogP contribution in [-0.4, -0.2) is 39.6 Å². The molecule has 1 unspecified atom stereocenters. The average molecular weight is 405 g/mol. The van der Waals surface area contributed by atoms with Crippen molar-refractivity contribution in [2.75, 3.05) is 25.1 Å². The Bertz CT molecular complexity index is 1070. The zero-order valence-electron chi connectivity index (χ0n) is 15.3. The van der Waals surface area contributed by atoms with Gasteiger partial charge in [-0.05, 0) is 43.2 Å². The Balaban J connectivity index is 1.53. The van der Waals surface area contributed by atoms with E-state index in [9.17, 15) is 12.8 Å². The number of fused-ring (bicyclic) bond motifs is 1. The Hall–Kier alpha value is -2.65. The number of hydrogen-bond acceptors (Lipinski definition) is 6. The highest BCUT2D eigenvalue weighted by molar-refractivity contribution is 7.89. The molecular formula is C19H20FN3O4S. The molecular weight excluding hydrogens is 385 g/mol. The summed E-state index contributed by atoms with van der Waals surface area (Å²) in [5.41, 5.74) is 1.45. The van der Waals surface area contributed by atoms with Gasteiger partial charge in [0.2, 0.25) is 10.0 Å². The summed E-state index contributed by atoms with van der Waals surface area (Å²) in [6.07, 6.45) is 1.69. The van der Waals surface area contributed by atoms with Crippen LogP contribution >= 0.6 is 0 Å². The zero-order chi connectivity index (χ0) is 19.7. The highest BCUT2D eigenvalue weighted by Gasteiger charge is 2.30. The zero-order valence-corrected chi connectivity index (χ0v) is 16.1. The van der Waals surface area contributed by atoms with E-state index in [1.54, 1.807) is 0 Å². The van der Waals surface area contributed by atoms with Crippen LogP contribution in [0.3, 0.4) is 0 Å². The van der Waals surface area contributed by atoms with Gasteiger partial charge in [-0.25, -0.2) is 17.5 Å². The van der Waals surface area contributed by atoms with E-state index in [1.165, 1.54) is 13.2 Å². The van der Waals surface area contributed by atoms with E-state index in [1.807, 2.05) is 29.2 Å². The summed E-state index contributed by atoms with van der Waals surface area (Å²) < 4.78 is 52.4. The molecule has 0 saturated carbocycles. The fourth-order valence-electron chi connectivity index (χ4n) is 3.43. The molecule has 1 N–H and O–H groups in total. The lowest BCUT2D eigenvalue weighted by Crippen LogP contribution is -2.40. The number of para-hydroxylation sites is 2. The molecule has 1 atom stereocenters. The van der Waals surface area contributed by atoms with Crippen LogP contribution in [-0.2, 0) is 10.0 Å². The average Bonchev–Trinajstić information content (AvgIpc) is 3.32. The molecule has 0 aliphatic carbocycles. The second-order valence-corrected chi connectivity index (χ2v) is 8.34. The van der Waals surface area contributed by atoms with Gasteiger partial charge in [0.15, 0.2) is 5.58 Å². The van der Waals surface area contributed by atoms with Crippen LogP contribution in [0.15, 0.2) is 51.8 Å². The molecule has 28 heavy (non-hydrogen) atoms. The van der Waals surface area contributed by atoms with Crippen molar-refractivity contribution >= 4 is 27.1 Å². The summed E-state index contributed by atoms with van der Waals surface area (Å²) in [7, 11) is -2.59. The highest BCUT2D eigenvalue weighted by Crippen LogP contribution is 2.29. The van der Waals surface area contributed by atoms with Crippen molar-refractivity contribution in [2.24, 2.45) is 0 Å². The standard InChI is InChI=1S/C19H20FN3O4S/c1-26-17-9-8-13(20)11-18(17)28(24,25)21-12-14-5-4-10-23(14)19-22-15-6-2-3-7-16(15)27-19/h2-3,6-9,11,14,21H,4-5,10,12H2,1H3. The van der Waals surface area contributed by atoms with Crippen molar-refractivity contribution in [3.8, 4) is 5.75 Å². The predicted octanol–water partition coefficient (Wildman–Crippen LogP) is 2.92. The second kappa shape index (κ2) is 7.40. The summed E-state index contributed by atoms with van der Waals surface area (Å²) >= 11 is 0. The number of nitrogens with one attached hydrogen (secondary N) is 1. The Morgan fingerprint density at radius 1 is 1.32 bits per heavy atom. The number of hydrogen-bond donors (Lipinski definition) is 1. The first-order chi connectivity index (χ1) is 13.5. The monoisotopic (exact) mass is 405 g/mol. The second-order valence-electron chi connectivity index (χ2n) is 6.60. The summed E-state index contributed by atoms with van der Waals surface area (Å²) in [5.74, 6) is -0.550. The lowest BCUT2D eigenvalue weighted by Gasteiger charge is -2.23. The van der Waals surface area contributed by atoms with E-state index < -0.39 is 15.8 Å². The van der Waals surface area contributed by atoms with Gasteiger partial charge in [-0.1, -0.05) is 12.1 Å². The van der Waals surface area contributed by atoms with E-state index in [4.69, 9.17) is 9.15 Å². The van der Waals surface area contributed by atoms with E-state index in [2.05, 4.69) is 9.71 Å². The lowest BCUT2D eigenvalue weighted by atomic mass is 10.2. The first-order valence-electron chi connectivity index (χ1n) is 8.93. The normalized spacial score (nSPS) is 17.4. The number of halogens is 1. The molecule has 1 aromatic heterocycles. The Labute approximate surface area is 162 Å². The number of oxazole rings is 1. The lowest BCUT2D eigenvalue weighted by molar-refractivity contribution is 0.400. The molecule has 0 spiro atoms. The van der Waals surface area contributed by atoms with Crippen LogP contribution in [0, 0.1) is 5.82 Å². The maximum atomic E-state index is 13.6. The third-order valence-corrected chi connectivity index (χ3v) is 6.27. The number of benzene rings is 2. The number of rotatable bonds is 6. The van der Waals surface area contributed by atoms with Gasteiger partial charge >= 0.3 is 0 Å². The maximum absolute atomic E-state index is 13.6. The van der Waals surface area contributed by atoms with Gasteiger partial charge in [-0.3, -0.25) is 0 Å². The van der Waals surface area contributed by atoms with E-state index >= 15 is 0 Å². The number of anilines is 1. The van der Waals surface area contributed by atoms with Crippen molar-refractivity contribution in [1.82, 2.24) is 9.71 Å². The van der Waals surface area contributed by atoms with Crippen molar-refractivity contribution in [2.45, 2.75) is 23.8 Å². The minimum atomic E-state index is -3.94. The van der Waals surface area contributed by atoms with Crippen LogP contribution in [0.1, 0.15) is 12.8 Å². The van der Waals surface area contributed by atoms with Crippen LogP contribution in [0.5, 0.6) is 5.75 Å². The Morgan fingerprint density at radius 3 is 2.93 bits per heavy atom. The van der Waals surface area contributed by atoms with E-state index in [-0.39, 0.29) is 23.2 Å². The molecule has 1 aliphatic heterocycles. The molecule has 1 saturated heterocycles. The number of nitrogens with zero attached hydrogens (tertiary/aromatic N) is 2. The smallest absolute Gasteiger partial charge is 0.298 e. The third-order valence-electron chi connectivity index (χ3n) is 4.83. The first-order valence-corrected chi connectivity index (χ1v) is 10.4. The highest BCUT2D eigenvalue weighted by atomic mass is 32.2. The molecule has 9 heteroatoms. The van der Waals surface area contributed by atoms with Gasteiger partial charge in [-0.15, -0.1) is 0 Å². The molecule has 2 aromatic carbocycles. The number of sulfonamides is 1. The summed E-state index contributed by atoms with van der Waals surface area (Å²) in [6.45, 7) is 0.878. The molecule has 0 radical (unpaired) electrons. The fourth-order valence-corrected chi connectivity index (χ4v) is 4.68. The molecule has 0 bridgehead atoms. The van der Waals surface area contributed by atoms with Gasteiger partial charge in [0, 0.05) is 19.1 Å². The molecule has 1 aliphatic rings. The van der Waals surface area contributed by atoms with Crippen molar-refractivity contribution < 1.29 is 22.0 Å². The molecule has 1 fully saturated rings. The number of methoxy groups -OCH3 is 1. The third kappa shape index (κ3) is 3.55. The minimum Gasteiger partial charge on any atom is -0.495 e. The van der Waals surface area contributed by atoms with Gasteiger partial charge < -0.3 is 14.1 Å². The molecule has 3 aromatic rings. The Kier molecular flexibility index (Phi) is 4.94. The van der Waals surface area contributed by atoms with Crippen LogP contribution in [0.2, 0.25) is 0 Å². The first kappa shape index (κ1) is 18.7. The van der Waals surface area contributed by atoms with Gasteiger partial charge in [0.25, 0.3) is 6.01 Å². The van der Waals surface area contributed by atoms with Gasteiger partial charge in [0.1, 0.15) is 22.0 Å². The maximum Gasteiger partial charge on any atom is 0.298 e. The largest absolute Gasteiger partial charge is 0.495 e. The van der Waals surface area contributed by atoms with Crippen molar-refractivity contribution in [3.05, 3.63) is 48.3 Å². The summed E-state index contributed by atoms with van der Waals surface area (Å²) in [6, 6.07) is 11.2. The number of ether oxygens (including phenoxy) is 1. The van der Waals surface area contributed by atoms with Crippen LogP contribution in [0.4, 0.5) is 10.4 Å². The molecule has 4 rings (SSSR count). The molecule has 0 amide bonds. The quantitative estimate of drug-likeness (QED) is 0.679. The van der Waals surface area contributed by atoms with Gasteiger partial charge in [-0.2, -0.15) is 4.98 Å². The molecule has 2 heterocycles. The minimum absolute atomic E-state index is 0.0936. The van der Waals surface area contributed by atoms with Crippen molar-refractivity contribution in [3.63, 3.8) is 0 Å². The summed E-state index contributed by atoms with van der Waals surface area (Å²) in [4.78, 5) is 6.24. The molecule has 148 valence electrons. The topological polar surface area (TPSA) is 84.7 Å². The van der Waals surface area contributed by atoms with Crippen LogP contribution in [0.25, 0.3) is 11.1 Å². The van der Waals surface area contributed by atoms with E-state index in [0.29, 0.717) is 11.6 Å². The van der Waals surface area contributed by atoms with Crippen molar-refractivity contribution in [1.29, 1.82) is 0 Å². The van der Waals surface area contributed by atoms with E-state index in [0.717, 1.165) is 37.0 Å². The molecule has 7 nitrogen and oxygen atoms in total. The SMILES string of the molecule is COc1ccc(F)cc1S(=O)(=O)NCC1CCCN1c1nc2ccccc2o1. The van der Waals surface area contributed by atoms with Gasteiger partial charge in [0.05, 0.1) is 7.11 Å². The number of aromatic nitrogens is 1.